The van der Waals surface area contributed by atoms with Crippen molar-refractivity contribution in [1.82, 2.24) is 16.0 Å². The molecule has 3 N–H and O–H groups in total. The van der Waals surface area contributed by atoms with Crippen LogP contribution in [0.15, 0.2) is 0 Å². The summed E-state index contributed by atoms with van der Waals surface area (Å²) in [7, 11) is 1.90. The molecule has 4 aliphatic rings. The van der Waals surface area contributed by atoms with Gasteiger partial charge in [-0.15, -0.1) is 0 Å². The average Bonchev–Trinajstić information content (AvgIpc) is 2.26. The standard InChI is InChI=1S/C14H25N3O/c1-15-2-3-16-13(18)17-14-7-10-4-11(8-14)6-12(5-10)9-14/h10-12,15H,2-9H2,1H3,(H2,16,17,18). The van der Waals surface area contributed by atoms with Crippen LogP contribution >= 0.6 is 0 Å². The largest absolute Gasteiger partial charge is 0.337 e. The van der Waals surface area contributed by atoms with E-state index >= 15 is 0 Å². The van der Waals surface area contributed by atoms with Crippen molar-refractivity contribution in [1.29, 1.82) is 0 Å². The van der Waals surface area contributed by atoms with Crippen molar-refractivity contribution < 1.29 is 4.79 Å². The quantitative estimate of drug-likeness (QED) is 0.663. The normalized spacial score (nSPS) is 40.8. The van der Waals surface area contributed by atoms with Gasteiger partial charge in [0.1, 0.15) is 0 Å². The van der Waals surface area contributed by atoms with E-state index in [1.807, 2.05) is 7.05 Å². The topological polar surface area (TPSA) is 53.2 Å². The van der Waals surface area contributed by atoms with E-state index in [2.05, 4.69) is 16.0 Å². The van der Waals surface area contributed by atoms with Crippen LogP contribution < -0.4 is 16.0 Å². The van der Waals surface area contributed by atoms with Gasteiger partial charge in [0, 0.05) is 18.6 Å². The summed E-state index contributed by atoms with van der Waals surface area (Å²) < 4.78 is 0. The third-order valence-corrected chi connectivity index (χ3v) is 5.08. The summed E-state index contributed by atoms with van der Waals surface area (Å²) >= 11 is 0. The molecule has 0 aromatic carbocycles. The zero-order valence-electron chi connectivity index (χ0n) is 11.3. The zero-order chi connectivity index (χ0) is 12.6. The van der Waals surface area contributed by atoms with Crippen LogP contribution in [0.4, 0.5) is 4.79 Å². The Morgan fingerprint density at radius 1 is 1.06 bits per heavy atom. The van der Waals surface area contributed by atoms with Gasteiger partial charge in [0.05, 0.1) is 0 Å². The molecule has 0 radical (unpaired) electrons. The SMILES string of the molecule is CNCCNC(=O)NC12CC3CC(CC(C3)C1)C2. The Kier molecular flexibility index (Phi) is 3.22. The number of nitrogens with one attached hydrogen (secondary N) is 3. The first-order chi connectivity index (χ1) is 8.69. The minimum atomic E-state index is 0.0344. The molecule has 4 rings (SSSR count). The maximum absolute atomic E-state index is 12.0. The lowest BCUT2D eigenvalue weighted by Gasteiger charge is -2.56. The Morgan fingerprint density at radius 2 is 1.61 bits per heavy atom. The fourth-order valence-electron chi connectivity index (χ4n) is 4.85. The predicted octanol–water partition coefficient (Wildman–Crippen LogP) is 1.47. The molecule has 0 unspecified atom stereocenters. The van der Waals surface area contributed by atoms with E-state index in [9.17, 15) is 4.79 Å². The molecular formula is C14H25N3O. The van der Waals surface area contributed by atoms with Crippen molar-refractivity contribution in [3.05, 3.63) is 0 Å². The van der Waals surface area contributed by atoms with Crippen molar-refractivity contribution in [2.75, 3.05) is 20.1 Å². The Morgan fingerprint density at radius 3 is 2.11 bits per heavy atom. The van der Waals surface area contributed by atoms with E-state index in [0.717, 1.165) is 24.3 Å². The first-order valence-electron chi connectivity index (χ1n) is 7.40. The number of carbonyl (C=O) groups is 1. The van der Waals surface area contributed by atoms with E-state index in [-0.39, 0.29) is 11.6 Å². The summed E-state index contributed by atoms with van der Waals surface area (Å²) in [5.41, 5.74) is 0.137. The van der Waals surface area contributed by atoms with Gasteiger partial charge in [-0.25, -0.2) is 4.79 Å². The Bertz CT molecular complexity index is 294. The second kappa shape index (κ2) is 4.72. The Hall–Kier alpha value is -0.770. The first-order valence-corrected chi connectivity index (χ1v) is 7.40. The molecule has 0 saturated heterocycles. The van der Waals surface area contributed by atoms with Crippen molar-refractivity contribution >= 4 is 6.03 Å². The van der Waals surface area contributed by atoms with Crippen LogP contribution in [-0.4, -0.2) is 31.7 Å². The first kappa shape index (κ1) is 12.3. The lowest BCUT2D eigenvalue weighted by Crippen LogP contribution is -2.61. The van der Waals surface area contributed by atoms with Crippen LogP contribution in [0.1, 0.15) is 38.5 Å². The molecule has 0 aliphatic heterocycles. The molecule has 2 amide bonds. The third-order valence-electron chi connectivity index (χ3n) is 5.08. The number of amides is 2. The van der Waals surface area contributed by atoms with Gasteiger partial charge in [-0.05, 0) is 63.3 Å². The minimum Gasteiger partial charge on any atom is -0.337 e. The summed E-state index contributed by atoms with van der Waals surface area (Å²) in [6, 6.07) is 0.0344. The minimum absolute atomic E-state index is 0.0344. The number of carbonyl (C=O) groups excluding carboxylic acids is 1. The Labute approximate surface area is 109 Å². The molecule has 4 heteroatoms. The third kappa shape index (κ3) is 2.35. The molecule has 4 bridgehead atoms. The zero-order valence-corrected chi connectivity index (χ0v) is 11.3. The second-order valence-electron chi connectivity index (χ2n) is 6.68. The smallest absolute Gasteiger partial charge is 0.315 e. The van der Waals surface area contributed by atoms with Crippen LogP contribution in [0.5, 0.6) is 0 Å². The maximum atomic E-state index is 12.0. The van der Waals surface area contributed by atoms with Gasteiger partial charge in [-0.3, -0.25) is 0 Å². The molecule has 18 heavy (non-hydrogen) atoms. The summed E-state index contributed by atoms with van der Waals surface area (Å²) in [4.78, 5) is 12.0. The van der Waals surface area contributed by atoms with E-state index in [1.165, 1.54) is 38.5 Å². The highest BCUT2D eigenvalue weighted by molar-refractivity contribution is 5.74. The number of hydrogen-bond donors (Lipinski definition) is 3. The molecule has 102 valence electrons. The monoisotopic (exact) mass is 251 g/mol. The highest BCUT2D eigenvalue weighted by atomic mass is 16.2. The average molecular weight is 251 g/mol. The van der Waals surface area contributed by atoms with Gasteiger partial charge in [-0.2, -0.15) is 0 Å². The van der Waals surface area contributed by atoms with Gasteiger partial charge in [-0.1, -0.05) is 0 Å². The molecule has 0 spiro atoms. The second-order valence-corrected chi connectivity index (χ2v) is 6.68. The van der Waals surface area contributed by atoms with Crippen molar-refractivity contribution in [3.8, 4) is 0 Å². The highest BCUT2D eigenvalue weighted by Crippen LogP contribution is 2.55. The lowest BCUT2D eigenvalue weighted by atomic mass is 9.53. The predicted molar refractivity (Wildman–Crippen MR) is 71.4 cm³/mol. The van der Waals surface area contributed by atoms with Crippen LogP contribution in [0.3, 0.4) is 0 Å². The molecule has 0 atom stereocenters. The van der Waals surface area contributed by atoms with E-state index in [0.29, 0.717) is 6.54 Å². The van der Waals surface area contributed by atoms with Crippen LogP contribution in [0.2, 0.25) is 0 Å². The number of urea groups is 1. The van der Waals surface area contributed by atoms with Crippen molar-refractivity contribution in [2.45, 2.75) is 44.1 Å². The van der Waals surface area contributed by atoms with Gasteiger partial charge < -0.3 is 16.0 Å². The molecule has 4 saturated carbocycles. The number of hydrogen-bond acceptors (Lipinski definition) is 2. The van der Waals surface area contributed by atoms with Gasteiger partial charge >= 0.3 is 6.03 Å². The van der Waals surface area contributed by atoms with Gasteiger partial charge in [0.25, 0.3) is 0 Å². The van der Waals surface area contributed by atoms with Crippen LogP contribution in [0.25, 0.3) is 0 Å². The van der Waals surface area contributed by atoms with E-state index in [4.69, 9.17) is 0 Å². The molecule has 0 heterocycles. The summed E-state index contributed by atoms with van der Waals surface area (Å²) in [5.74, 6) is 2.65. The van der Waals surface area contributed by atoms with E-state index in [1.54, 1.807) is 0 Å². The fourth-order valence-corrected chi connectivity index (χ4v) is 4.85. The fraction of sp³-hybridized carbons (Fsp3) is 0.929. The highest BCUT2D eigenvalue weighted by Gasteiger charge is 2.51. The Balaban J connectivity index is 1.57. The molecule has 4 aliphatic carbocycles. The summed E-state index contributed by atoms with van der Waals surface area (Å²) in [6.07, 6.45) is 7.92. The van der Waals surface area contributed by atoms with Gasteiger partial charge in [0.2, 0.25) is 0 Å². The number of likely N-dealkylation sites (N-methyl/N-ethyl adjacent to an activating group) is 1. The van der Waals surface area contributed by atoms with E-state index < -0.39 is 0 Å². The lowest BCUT2D eigenvalue weighted by molar-refractivity contribution is -0.0135. The molecule has 4 fully saturated rings. The van der Waals surface area contributed by atoms with Crippen LogP contribution in [-0.2, 0) is 0 Å². The van der Waals surface area contributed by atoms with Gasteiger partial charge in [0.15, 0.2) is 0 Å². The van der Waals surface area contributed by atoms with Crippen molar-refractivity contribution in [3.63, 3.8) is 0 Å². The molecule has 0 aromatic heterocycles. The van der Waals surface area contributed by atoms with Crippen molar-refractivity contribution in [2.24, 2.45) is 17.8 Å². The van der Waals surface area contributed by atoms with Crippen LogP contribution in [0, 0.1) is 17.8 Å². The number of rotatable bonds is 4. The maximum Gasteiger partial charge on any atom is 0.315 e. The molecule has 0 aromatic rings. The molecule has 4 nitrogen and oxygen atoms in total. The summed E-state index contributed by atoms with van der Waals surface area (Å²) in [5, 5.41) is 9.29. The molecular weight excluding hydrogens is 226 g/mol. The summed E-state index contributed by atoms with van der Waals surface area (Å²) in [6.45, 7) is 1.53.